The van der Waals surface area contributed by atoms with Crippen molar-refractivity contribution in [2.24, 2.45) is 0 Å². The number of hydrogen-bond acceptors (Lipinski definition) is 5. The maximum atomic E-state index is 11.9. The summed E-state index contributed by atoms with van der Waals surface area (Å²) in [6, 6.07) is -1.37. The third kappa shape index (κ3) is 3.59. The highest BCUT2D eigenvalue weighted by atomic mass is 16.5. The first-order valence-corrected chi connectivity index (χ1v) is 6.82. The average molecular weight is 287 g/mol. The van der Waals surface area contributed by atoms with Crippen LogP contribution in [0.25, 0.3) is 0 Å². The van der Waals surface area contributed by atoms with Gasteiger partial charge < -0.3 is 25.2 Å². The van der Waals surface area contributed by atoms with E-state index >= 15 is 0 Å². The number of nitrogens with one attached hydrogen (secondary N) is 1. The number of carboxylic acid groups (broad SMARTS) is 1. The van der Waals surface area contributed by atoms with E-state index in [9.17, 15) is 9.59 Å². The van der Waals surface area contributed by atoms with Crippen LogP contribution in [0, 0.1) is 0 Å². The van der Waals surface area contributed by atoms with Crippen LogP contribution in [0.2, 0.25) is 0 Å². The summed E-state index contributed by atoms with van der Waals surface area (Å²) in [4.78, 5) is 26.6. The Labute approximate surface area is 117 Å². The summed E-state index contributed by atoms with van der Waals surface area (Å²) in [5, 5.41) is 20.0. The fourth-order valence-electron chi connectivity index (χ4n) is 2.59. The molecule has 0 radical (unpaired) electrons. The molecule has 2 atom stereocenters. The van der Waals surface area contributed by atoms with Gasteiger partial charge in [0.2, 0.25) is 0 Å². The molecule has 2 saturated heterocycles. The van der Waals surface area contributed by atoms with Gasteiger partial charge in [0.15, 0.2) is 6.04 Å². The summed E-state index contributed by atoms with van der Waals surface area (Å²) in [5.74, 6) is -1.23. The Morgan fingerprint density at radius 2 is 2.00 bits per heavy atom. The molecule has 114 valence electrons. The number of carbonyl (C=O) groups is 2. The van der Waals surface area contributed by atoms with E-state index in [0.717, 1.165) is 19.5 Å². The van der Waals surface area contributed by atoms with Gasteiger partial charge in [-0.3, -0.25) is 4.90 Å². The number of aliphatic carboxylic acids is 1. The van der Waals surface area contributed by atoms with Gasteiger partial charge in [0, 0.05) is 32.2 Å². The first-order chi connectivity index (χ1) is 9.61. The van der Waals surface area contributed by atoms with E-state index in [2.05, 4.69) is 10.2 Å². The predicted octanol–water partition coefficient (Wildman–Crippen LogP) is -1.45. The summed E-state index contributed by atoms with van der Waals surface area (Å²) in [6.45, 7) is 3.75. The maximum Gasteiger partial charge on any atom is 0.328 e. The van der Waals surface area contributed by atoms with Crippen LogP contribution < -0.4 is 5.32 Å². The van der Waals surface area contributed by atoms with Crippen LogP contribution in [0.3, 0.4) is 0 Å². The Morgan fingerprint density at radius 3 is 2.60 bits per heavy atom. The zero-order valence-corrected chi connectivity index (χ0v) is 11.3. The highest BCUT2D eigenvalue weighted by Crippen LogP contribution is 2.17. The molecule has 2 amide bonds. The number of amides is 2. The van der Waals surface area contributed by atoms with Crippen molar-refractivity contribution in [2.45, 2.75) is 18.5 Å². The zero-order valence-electron chi connectivity index (χ0n) is 11.3. The number of carbonyl (C=O) groups excluding carboxylic acids is 1. The molecule has 0 bridgehead atoms. The van der Waals surface area contributed by atoms with Gasteiger partial charge in [-0.25, -0.2) is 9.59 Å². The first kappa shape index (κ1) is 15.0. The van der Waals surface area contributed by atoms with Crippen molar-refractivity contribution in [3.8, 4) is 0 Å². The lowest BCUT2D eigenvalue weighted by Gasteiger charge is -2.32. The molecule has 2 fully saturated rings. The summed E-state index contributed by atoms with van der Waals surface area (Å²) in [5.41, 5.74) is 0. The molecule has 2 aliphatic heterocycles. The van der Waals surface area contributed by atoms with Gasteiger partial charge in [0.25, 0.3) is 0 Å². The second-order valence-electron chi connectivity index (χ2n) is 5.06. The Hall–Kier alpha value is -1.38. The quantitative estimate of drug-likeness (QED) is 0.584. The highest BCUT2D eigenvalue weighted by Gasteiger charge is 2.32. The van der Waals surface area contributed by atoms with E-state index in [1.165, 1.54) is 0 Å². The number of morpholine rings is 1. The zero-order chi connectivity index (χ0) is 14.5. The number of ether oxygens (including phenoxy) is 1. The van der Waals surface area contributed by atoms with Gasteiger partial charge in [-0.1, -0.05) is 0 Å². The van der Waals surface area contributed by atoms with Crippen molar-refractivity contribution in [1.29, 1.82) is 0 Å². The molecule has 8 nitrogen and oxygen atoms in total. The van der Waals surface area contributed by atoms with Gasteiger partial charge >= 0.3 is 12.0 Å². The summed E-state index contributed by atoms with van der Waals surface area (Å²) >= 11 is 0. The Morgan fingerprint density at radius 1 is 1.30 bits per heavy atom. The van der Waals surface area contributed by atoms with Crippen LogP contribution in [0.15, 0.2) is 0 Å². The van der Waals surface area contributed by atoms with Crippen LogP contribution in [0.1, 0.15) is 6.42 Å². The molecule has 3 N–H and O–H groups in total. The van der Waals surface area contributed by atoms with Crippen molar-refractivity contribution in [1.82, 2.24) is 15.1 Å². The second-order valence-corrected chi connectivity index (χ2v) is 5.06. The predicted molar refractivity (Wildman–Crippen MR) is 69.4 cm³/mol. The number of hydrogen-bond donors (Lipinski definition) is 3. The first-order valence-electron chi connectivity index (χ1n) is 6.82. The average Bonchev–Trinajstić information content (AvgIpc) is 2.95. The molecular formula is C12H21N3O5. The van der Waals surface area contributed by atoms with Crippen molar-refractivity contribution in [3.63, 3.8) is 0 Å². The van der Waals surface area contributed by atoms with E-state index < -0.39 is 24.6 Å². The third-order valence-corrected chi connectivity index (χ3v) is 3.79. The third-order valence-electron chi connectivity index (χ3n) is 3.79. The standard InChI is InChI=1S/C12H21N3O5/c16-8-10(11(17)18)13-12(19)15-2-1-9(7-15)14-3-5-20-6-4-14/h9-10,16H,1-8H2,(H,13,19)(H,17,18)/t9?,10-/m1/s1. The largest absolute Gasteiger partial charge is 0.480 e. The van der Waals surface area contributed by atoms with Gasteiger partial charge in [-0.2, -0.15) is 0 Å². The highest BCUT2D eigenvalue weighted by molar-refractivity contribution is 5.82. The molecule has 2 aliphatic rings. The number of rotatable bonds is 4. The van der Waals surface area contributed by atoms with Gasteiger partial charge in [-0.15, -0.1) is 0 Å². The molecule has 0 saturated carbocycles. The smallest absolute Gasteiger partial charge is 0.328 e. The minimum absolute atomic E-state index is 0.307. The number of nitrogens with zero attached hydrogens (tertiary/aromatic N) is 2. The summed E-state index contributed by atoms with van der Waals surface area (Å²) in [7, 11) is 0. The molecule has 0 spiro atoms. The number of likely N-dealkylation sites (tertiary alicyclic amines) is 1. The lowest BCUT2D eigenvalue weighted by molar-refractivity contribution is -0.140. The topological polar surface area (TPSA) is 102 Å². The minimum Gasteiger partial charge on any atom is -0.480 e. The van der Waals surface area contributed by atoms with Crippen LogP contribution in [-0.4, -0.2) is 90.1 Å². The Bertz CT molecular complexity index is 359. The molecule has 2 heterocycles. The van der Waals surface area contributed by atoms with E-state index in [1.807, 2.05) is 0 Å². The Kier molecular flexibility index (Phi) is 5.16. The maximum absolute atomic E-state index is 11.9. The van der Waals surface area contributed by atoms with E-state index in [-0.39, 0.29) is 0 Å². The van der Waals surface area contributed by atoms with Gasteiger partial charge in [0.1, 0.15) is 0 Å². The minimum atomic E-state index is -1.25. The van der Waals surface area contributed by atoms with Crippen molar-refractivity contribution in [3.05, 3.63) is 0 Å². The number of aliphatic hydroxyl groups excluding tert-OH is 1. The van der Waals surface area contributed by atoms with E-state index in [1.54, 1.807) is 4.90 Å². The number of aliphatic hydroxyl groups is 1. The molecule has 0 aromatic carbocycles. The summed E-state index contributed by atoms with van der Waals surface area (Å²) in [6.07, 6.45) is 0.879. The molecule has 2 rings (SSSR count). The molecular weight excluding hydrogens is 266 g/mol. The van der Waals surface area contributed by atoms with Gasteiger partial charge in [0.05, 0.1) is 19.8 Å². The van der Waals surface area contributed by atoms with Crippen molar-refractivity contribution < 1.29 is 24.5 Å². The number of urea groups is 1. The van der Waals surface area contributed by atoms with Crippen molar-refractivity contribution >= 4 is 12.0 Å². The second kappa shape index (κ2) is 6.87. The summed E-state index contributed by atoms with van der Waals surface area (Å²) < 4.78 is 5.30. The molecule has 8 heteroatoms. The Balaban J connectivity index is 1.82. The fraction of sp³-hybridized carbons (Fsp3) is 0.833. The SMILES string of the molecule is O=C(O)[C@@H](CO)NC(=O)N1CCC(N2CCOCC2)C1. The number of carboxylic acids is 1. The fourth-order valence-corrected chi connectivity index (χ4v) is 2.59. The van der Waals surface area contributed by atoms with Crippen LogP contribution in [0.4, 0.5) is 4.79 Å². The van der Waals surface area contributed by atoms with Crippen molar-refractivity contribution in [2.75, 3.05) is 46.0 Å². The monoisotopic (exact) mass is 287 g/mol. The van der Waals surface area contributed by atoms with E-state index in [4.69, 9.17) is 14.9 Å². The van der Waals surface area contributed by atoms with Crippen LogP contribution >= 0.6 is 0 Å². The van der Waals surface area contributed by atoms with Gasteiger partial charge in [-0.05, 0) is 6.42 Å². The van der Waals surface area contributed by atoms with E-state index in [0.29, 0.717) is 32.3 Å². The molecule has 1 unspecified atom stereocenters. The lowest BCUT2D eigenvalue weighted by Crippen LogP contribution is -2.50. The molecule has 0 aromatic rings. The lowest BCUT2D eigenvalue weighted by atomic mass is 10.2. The molecule has 20 heavy (non-hydrogen) atoms. The molecule has 0 aromatic heterocycles. The normalized spacial score (nSPS) is 25.4. The molecule has 0 aliphatic carbocycles. The van der Waals surface area contributed by atoms with Crippen LogP contribution in [0.5, 0.6) is 0 Å². The van der Waals surface area contributed by atoms with Crippen LogP contribution in [-0.2, 0) is 9.53 Å².